The summed E-state index contributed by atoms with van der Waals surface area (Å²) >= 11 is 0. The van der Waals surface area contributed by atoms with Crippen molar-refractivity contribution in [2.45, 2.75) is 42.9 Å². The van der Waals surface area contributed by atoms with Crippen LogP contribution in [0.1, 0.15) is 43.6 Å². The molecule has 1 aliphatic carbocycles. The van der Waals surface area contributed by atoms with E-state index < -0.39 is 26.6 Å². The second-order valence-corrected chi connectivity index (χ2v) is 7.61. The summed E-state index contributed by atoms with van der Waals surface area (Å²) < 4.78 is 51.2. The number of sulfonamides is 1. The summed E-state index contributed by atoms with van der Waals surface area (Å²) in [5, 5.41) is 4.91. The molecule has 3 rings (SSSR count). The molecule has 1 aromatic heterocycles. The first-order valence-corrected chi connectivity index (χ1v) is 9.39. The molecule has 0 unspecified atom stereocenters. The van der Waals surface area contributed by atoms with Crippen LogP contribution < -0.4 is 5.14 Å². The van der Waals surface area contributed by atoms with E-state index in [1.807, 2.05) is 6.07 Å². The highest BCUT2D eigenvalue weighted by Crippen LogP contribution is 2.38. The van der Waals surface area contributed by atoms with E-state index in [0.29, 0.717) is 11.8 Å². The standard InChI is InChI=1S/C17H18F2N2O2S/c18-14-10-16(24(20,22)23)15(19)9-13(14)17-12(7-4-8-21-17)11-5-2-1-3-6-11/h4,7-11H,1-3,5-6H2,(H2,20,22,23). The summed E-state index contributed by atoms with van der Waals surface area (Å²) in [5.74, 6) is -1.67. The Kier molecular flexibility index (Phi) is 4.64. The van der Waals surface area contributed by atoms with Crippen molar-refractivity contribution < 1.29 is 17.2 Å². The maximum absolute atomic E-state index is 14.5. The minimum absolute atomic E-state index is 0.0407. The zero-order valence-corrected chi connectivity index (χ0v) is 13.8. The molecule has 1 fully saturated rings. The summed E-state index contributed by atoms with van der Waals surface area (Å²) in [6.45, 7) is 0. The van der Waals surface area contributed by atoms with Gasteiger partial charge in [-0.2, -0.15) is 0 Å². The Labute approximate surface area is 139 Å². The number of pyridine rings is 1. The molecule has 1 heterocycles. The normalized spacial score (nSPS) is 16.3. The molecule has 2 N–H and O–H groups in total. The van der Waals surface area contributed by atoms with Crippen LogP contribution in [-0.2, 0) is 10.0 Å². The highest BCUT2D eigenvalue weighted by atomic mass is 32.2. The number of rotatable bonds is 3. The molecule has 1 saturated carbocycles. The third-order valence-corrected chi connectivity index (χ3v) is 5.39. The molecule has 0 spiro atoms. The lowest BCUT2D eigenvalue weighted by Gasteiger charge is -2.24. The molecule has 1 aliphatic rings. The first-order valence-electron chi connectivity index (χ1n) is 7.85. The van der Waals surface area contributed by atoms with Crippen molar-refractivity contribution in [1.29, 1.82) is 0 Å². The summed E-state index contributed by atoms with van der Waals surface area (Å²) in [6.07, 6.45) is 6.86. The Bertz CT molecular complexity index is 863. The summed E-state index contributed by atoms with van der Waals surface area (Å²) in [7, 11) is -4.32. The molecule has 2 aromatic rings. The number of nitrogens with zero attached hydrogens (tertiary/aromatic N) is 1. The molecule has 0 atom stereocenters. The summed E-state index contributed by atoms with van der Waals surface area (Å²) in [5.41, 5.74) is 1.20. The number of benzene rings is 1. The third kappa shape index (κ3) is 3.32. The van der Waals surface area contributed by atoms with Crippen LogP contribution >= 0.6 is 0 Å². The van der Waals surface area contributed by atoms with E-state index in [-0.39, 0.29) is 11.5 Å². The van der Waals surface area contributed by atoms with Crippen LogP contribution in [0.4, 0.5) is 8.78 Å². The monoisotopic (exact) mass is 352 g/mol. The summed E-state index contributed by atoms with van der Waals surface area (Å²) in [4.78, 5) is 3.38. The average Bonchev–Trinajstić information content (AvgIpc) is 2.56. The Balaban J connectivity index is 2.12. The number of nitrogens with two attached hydrogens (primary N) is 1. The van der Waals surface area contributed by atoms with E-state index in [2.05, 4.69) is 4.98 Å². The molecular weight excluding hydrogens is 334 g/mol. The van der Waals surface area contributed by atoms with E-state index in [1.165, 1.54) is 12.6 Å². The number of hydrogen-bond acceptors (Lipinski definition) is 3. The molecule has 24 heavy (non-hydrogen) atoms. The third-order valence-electron chi connectivity index (χ3n) is 4.47. The fraction of sp³-hybridized carbons (Fsp3) is 0.353. The van der Waals surface area contributed by atoms with Gasteiger partial charge in [-0.25, -0.2) is 22.3 Å². The number of primary sulfonamides is 1. The lowest BCUT2D eigenvalue weighted by Crippen LogP contribution is -2.15. The zero-order chi connectivity index (χ0) is 17.3. The van der Waals surface area contributed by atoms with Crippen LogP contribution in [-0.4, -0.2) is 13.4 Å². The highest BCUT2D eigenvalue weighted by Gasteiger charge is 2.24. The fourth-order valence-electron chi connectivity index (χ4n) is 3.31. The number of aromatic nitrogens is 1. The van der Waals surface area contributed by atoms with E-state index in [4.69, 9.17) is 5.14 Å². The number of hydrogen-bond donors (Lipinski definition) is 1. The van der Waals surface area contributed by atoms with Gasteiger partial charge in [0.2, 0.25) is 10.0 Å². The van der Waals surface area contributed by atoms with E-state index >= 15 is 0 Å². The van der Waals surface area contributed by atoms with Crippen molar-refractivity contribution in [3.63, 3.8) is 0 Å². The minimum atomic E-state index is -4.32. The van der Waals surface area contributed by atoms with Crippen molar-refractivity contribution in [2.75, 3.05) is 0 Å². The minimum Gasteiger partial charge on any atom is -0.256 e. The Morgan fingerprint density at radius 1 is 1.08 bits per heavy atom. The van der Waals surface area contributed by atoms with Gasteiger partial charge in [0, 0.05) is 11.8 Å². The SMILES string of the molecule is NS(=O)(=O)c1cc(F)c(-c2ncccc2C2CCCCC2)cc1F. The van der Waals surface area contributed by atoms with Crippen molar-refractivity contribution >= 4 is 10.0 Å². The predicted octanol–water partition coefficient (Wildman–Crippen LogP) is 3.72. The smallest absolute Gasteiger partial charge is 0.241 e. The topological polar surface area (TPSA) is 73.1 Å². The molecular formula is C17H18F2N2O2S. The van der Waals surface area contributed by atoms with Gasteiger partial charge in [-0.3, -0.25) is 4.98 Å². The van der Waals surface area contributed by atoms with Crippen LogP contribution in [0.25, 0.3) is 11.3 Å². The first-order chi connectivity index (χ1) is 11.4. The highest BCUT2D eigenvalue weighted by molar-refractivity contribution is 7.89. The van der Waals surface area contributed by atoms with Crippen LogP contribution in [0.15, 0.2) is 35.4 Å². The van der Waals surface area contributed by atoms with Gasteiger partial charge in [0.15, 0.2) is 0 Å². The second-order valence-electron chi connectivity index (χ2n) is 6.08. The van der Waals surface area contributed by atoms with E-state index in [1.54, 1.807) is 6.07 Å². The Morgan fingerprint density at radius 3 is 2.46 bits per heavy atom. The first kappa shape index (κ1) is 17.0. The van der Waals surface area contributed by atoms with Crippen molar-refractivity contribution in [3.8, 4) is 11.3 Å². The van der Waals surface area contributed by atoms with Gasteiger partial charge in [-0.15, -0.1) is 0 Å². The van der Waals surface area contributed by atoms with Crippen LogP contribution in [0.2, 0.25) is 0 Å². The molecule has 4 nitrogen and oxygen atoms in total. The maximum Gasteiger partial charge on any atom is 0.241 e. The van der Waals surface area contributed by atoms with Crippen LogP contribution in [0.5, 0.6) is 0 Å². The molecule has 0 radical (unpaired) electrons. The largest absolute Gasteiger partial charge is 0.256 e. The van der Waals surface area contributed by atoms with Gasteiger partial charge in [0.1, 0.15) is 16.5 Å². The quantitative estimate of drug-likeness (QED) is 0.915. The Hall–Kier alpha value is -1.86. The molecule has 0 aliphatic heterocycles. The molecule has 0 amide bonds. The molecule has 0 bridgehead atoms. The second kappa shape index (κ2) is 6.57. The van der Waals surface area contributed by atoms with Gasteiger partial charge in [0.05, 0.1) is 5.69 Å². The zero-order valence-electron chi connectivity index (χ0n) is 13.0. The van der Waals surface area contributed by atoms with Gasteiger partial charge in [-0.1, -0.05) is 25.3 Å². The average molecular weight is 352 g/mol. The molecule has 0 saturated heterocycles. The molecule has 1 aromatic carbocycles. The van der Waals surface area contributed by atoms with Crippen molar-refractivity contribution in [3.05, 3.63) is 47.7 Å². The van der Waals surface area contributed by atoms with Crippen molar-refractivity contribution in [1.82, 2.24) is 4.98 Å². The van der Waals surface area contributed by atoms with E-state index in [9.17, 15) is 17.2 Å². The molecule has 7 heteroatoms. The fourth-order valence-corrected chi connectivity index (χ4v) is 3.91. The summed E-state index contributed by atoms with van der Waals surface area (Å²) in [6, 6.07) is 5.15. The van der Waals surface area contributed by atoms with Crippen molar-refractivity contribution in [2.24, 2.45) is 5.14 Å². The van der Waals surface area contributed by atoms with Crippen LogP contribution in [0.3, 0.4) is 0 Å². The number of halogens is 2. The van der Waals surface area contributed by atoms with Gasteiger partial charge >= 0.3 is 0 Å². The van der Waals surface area contributed by atoms with Gasteiger partial charge in [-0.05, 0) is 42.5 Å². The van der Waals surface area contributed by atoms with Gasteiger partial charge < -0.3 is 0 Å². The maximum atomic E-state index is 14.5. The Morgan fingerprint density at radius 2 is 1.79 bits per heavy atom. The van der Waals surface area contributed by atoms with Crippen LogP contribution in [0, 0.1) is 11.6 Å². The van der Waals surface area contributed by atoms with Gasteiger partial charge in [0.25, 0.3) is 0 Å². The lowest BCUT2D eigenvalue weighted by atomic mass is 9.82. The van der Waals surface area contributed by atoms with E-state index in [0.717, 1.165) is 37.3 Å². The predicted molar refractivity (Wildman–Crippen MR) is 86.8 cm³/mol. The molecule has 128 valence electrons. The lowest BCUT2D eigenvalue weighted by molar-refractivity contribution is 0.443.